The Bertz CT molecular complexity index is 918. The highest BCUT2D eigenvalue weighted by atomic mass is 35.5. The zero-order chi connectivity index (χ0) is 19.9. The Kier molecular flexibility index (Phi) is 6.71. The molecule has 0 atom stereocenters. The van der Waals surface area contributed by atoms with Gasteiger partial charge < -0.3 is 10.1 Å². The predicted octanol–water partition coefficient (Wildman–Crippen LogP) is 5.06. The minimum Gasteiger partial charge on any atom is -0.497 e. The molecule has 1 heterocycles. The Morgan fingerprint density at radius 1 is 1.07 bits per heavy atom. The molecule has 2 N–H and O–H groups in total. The van der Waals surface area contributed by atoms with Crippen molar-refractivity contribution in [1.82, 2.24) is 10.2 Å². The third-order valence-electron chi connectivity index (χ3n) is 4.57. The molecule has 6 heteroatoms. The average molecular weight is 398 g/mol. The maximum atomic E-state index is 12.7. The number of aromatic nitrogens is 2. The average Bonchev–Trinajstić information content (AvgIpc) is 3.09. The first-order chi connectivity index (χ1) is 13.6. The van der Waals surface area contributed by atoms with Gasteiger partial charge in [0, 0.05) is 10.6 Å². The van der Waals surface area contributed by atoms with Gasteiger partial charge in [0.25, 0.3) is 5.91 Å². The van der Waals surface area contributed by atoms with Crippen LogP contribution in [0.3, 0.4) is 0 Å². The number of halogens is 1. The molecule has 3 rings (SSSR count). The number of amides is 1. The number of carbonyl (C=O) groups is 1. The summed E-state index contributed by atoms with van der Waals surface area (Å²) in [5, 5.41) is 11.2. The van der Waals surface area contributed by atoms with Gasteiger partial charge >= 0.3 is 0 Å². The molecular formula is C22H24ClN3O2. The van der Waals surface area contributed by atoms with E-state index in [0.29, 0.717) is 10.6 Å². The van der Waals surface area contributed by atoms with E-state index in [4.69, 9.17) is 16.3 Å². The number of nitrogens with zero attached hydrogens (tertiary/aromatic N) is 1. The van der Waals surface area contributed by atoms with E-state index >= 15 is 0 Å². The second-order valence-electron chi connectivity index (χ2n) is 6.58. The molecule has 0 fully saturated rings. The lowest BCUT2D eigenvalue weighted by Crippen LogP contribution is -2.14. The maximum absolute atomic E-state index is 12.7. The van der Waals surface area contributed by atoms with Crippen LogP contribution >= 0.6 is 11.6 Å². The summed E-state index contributed by atoms with van der Waals surface area (Å²) >= 11 is 5.91. The highest BCUT2D eigenvalue weighted by Gasteiger charge is 2.16. The number of rotatable bonds is 8. The second kappa shape index (κ2) is 9.42. The third kappa shape index (κ3) is 4.93. The molecule has 0 radical (unpaired) electrons. The number of methoxy groups -OCH3 is 1. The normalized spacial score (nSPS) is 10.7. The van der Waals surface area contributed by atoms with Gasteiger partial charge in [0.2, 0.25) is 0 Å². The van der Waals surface area contributed by atoms with Crippen LogP contribution in [0.4, 0.5) is 5.69 Å². The fourth-order valence-electron chi connectivity index (χ4n) is 3.02. The summed E-state index contributed by atoms with van der Waals surface area (Å²) in [4.78, 5) is 12.7. The largest absolute Gasteiger partial charge is 0.497 e. The standard InChI is InChI=1S/C22H24ClN3O2/c1-3-4-19-21(24-22(27)16-8-10-17(23)11-9-16)20(26-25-19)14-7-15-5-12-18(28-2)13-6-15/h5-6,8-13H,3-4,7,14H2,1-2H3,(H,24,27)(H,25,26). The highest BCUT2D eigenvalue weighted by molar-refractivity contribution is 6.30. The summed E-state index contributed by atoms with van der Waals surface area (Å²) in [5.41, 5.74) is 4.36. The monoisotopic (exact) mass is 397 g/mol. The van der Waals surface area contributed by atoms with E-state index in [0.717, 1.165) is 48.5 Å². The highest BCUT2D eigenvalue weighted by Crippen LogP contribution is 2.23. The van der Waals surface area contributed by atoms with E-state index < -0.39 is 0 Å². The summed E-state index contributed by atoms with van der Waals surface area (Å²) in [6.45, 7) is 2.10. The van der Waals surface area contributed by atoms with Crippen molar-refractivity contribution in [1.29, 1.82) is 0 Å². The maximum Gasteiger partial charge on any atom is 0.255 e. The van der Waals surface area contributed by atoms with E-state index in [1.54, 1.807) is 31.4 Å². The first kappa shape index (κ1) is 20.0. The van der Waals surface area contributed by atoms with Gasteiger partial charge in [-0.25, -0.2) is 0 Å². The quantitative estimate of drug-likeness (QED) is 0.558. The molecule has 0 spiro atoms. The van der Waals surface area contributed by atoms with Crippen LogP contribution in [0.1, 0.15) is 40.7 Å². The summed E-state index contributed by atoms with van der Waals surface area (Å²) in [5.74, 6) is 0.672. The Morgan fingerprint density at radius 3 is 2.43 bits per heavy atom. The molecule has 0 saturated carbocycles. The number of nitrogens with one attached hydrogen (secondary N) is 2. The van der Waals surface area contributed by atoms with E-state index in [2.05, 4.69) is 22.4 Å². The molecule has 28 heavy (non-hydrogen) atoms. The molecule has 0 saturated heterocycles. The van der Waals surface area contributed by atoms with Crippen LogP contribution in [0.15, 0.2) is 48.5 Å². The molecule has 0 unspecified atom stereocenters. The van der Waals surface area contributed by atoms with Crippen LogP contribution < -0.4 is 10.1 Å². The lowest BCUT2D eigenvalue weighted by atomic mass is 10.1. The first-order valence-electron chi connectivity index (χ1n) is 9.36. The lowest BCUT2D eigenvalue weighted by molar-refractivity contribution is 0.102. The molecule has 0 aliphatic rings. The minimum atomic E-state index is -0.166. The Labute approximate surface area is 170 Å². The van der Waals surface area contributed by atoms with Crippen molar-refractivity contribution in [3.05, 3.63) is 76.1 Å². The smallest absolute Gasteiger partial charge is 0.255 e. The summed E-state index contributed by atoms with van der Waals surface area (Å²) < 4.78 is 5.20. The Morgan fingerprint density at radius 2 is 1.79 bits per heavy atom. The van der Waals surface area contributed by atoms with Gasteiger partial charge in [0.1, 0.15) is 5.75 Å². The van der Waals surface area contributed by atoms with Crippen molar-refractivity contribution < 1.29 is 9.53 Å². The van der Waals surface area contributed by atoms with Gasteiger partial charge in [0.05, 0.1) is 24.2 Å². The molecule has 0 aliphatic carbocycles. The van der Waals surface area contributed by atoms with Gasteiger partial charge in [-0.05, 0) is 61.2 Å². The van der Waals surface area contributed by atoms with Crippen molar-refractivity contribution in [2.45, 2.75) is 32.6 Å². The van der Waals surface area contributed by atoms with Crippen LogP contribution in [0, 0.1) is 0 Å². The van der Waals surface area contributed by atoms with Crippen molar-refractivity contribution in [2.75, 3.05) is 12.4 Å². The number of aryl methyl sites for hydroxylation is 3. The molecule has 1 amide bonds. The van der Waals surface area contributed by atoms with Crippen molar-refractivity contribution in [2.24, 2.45) is 0 Å². The van der Waals surface area contributed by atoms with Crippen molar-refractivity contribution in [3.8, 4) is 5.75 Å². The molecule has 2 aromatic carbocycles. The SMILES string of the molecule is CCCc1[nH]nc(CCc2ccc(OC)cc2)c1NC(=O)c1ccc(Cl)cc1. The Balaban J connectivity index is 1.75. The minimum absolute atomic E-state index is 0.166. The zero-order valence-electron chi connectivity index (χ0n) is 16.1. The Hall–Kier alpha value is -2.79. The van der Waals surface area contributed by atoms with Gasteiger partial charge in [0.15, 0.2) is 0 Å². The van der Waals surface area contributed by atoms with Crippen LogP contribution in [0.5, 0.6) is 5.75 Å². The van der Waals surface area contributed by atoms with Crippen LogP contribution in [-0.4, -0.2) is 23.2 Å². The van der Waals surface area contributed by atoms with Crippen LogP contribution in [-0.2, 0) is 19.3 Å². The van der Waals surface area contributed by atoms with Crippen LogP contribution in [0.25, 0.3) is 0 Å². The van der Waals surface area contributed by atoms with Crippen molar-refractivity contribution >= 4 is 23.2 Å². The predicted molar refractivity (Wildman–Crippen MR) is 112 cm³/mol. The number of hydrogen-bond acceptors (Lipinski definition) is 3. The van der Waals surface area contributed by atoms with Crippen LogP contribution in [0.2, 0.25) is 5.02 Å². The van der Waals surface area contributed by atoms with Gasteiger partial charge in [-0.1, -0.05) is 37.1 Å². The third-order valence-corrected chi connectivity index (χ3v) is 4.82. The van der Waals surface area contributed by atoms with Gasteiger partial charge in [-0.15, -0.1) is 0 Å². The molecule has 5 nitrogen and oxygen atoms in total. The summed E-state index contributed by atoms with van der Waals surface area (Å²) in [7, 11) is 1.66. The van der Waals surface area contributed by atoms with Gasteiger partial charge in [-0.3, -0.25) is 9.89 Å². The second-order valence-corrected chi connectivity index (χ2v) is 7.02. The molecule has 0 aliphatic heterocycles. The number of ether oxygens (including phenoxy) is 1. The molecule has 3 aromatic rings. The number of benzene rings is 2. The van der Waals surface area contributed by atoms with E-state index in [1.165, 1.54) is 5.56 Å². The molecule has 1 aromatic heterocycles. The number of H-pyrrole nitrogens is 1. The van der Waals surface area contributed by atoms with E-state index in [9.17, 15) is 4.79 Å². The van der Waals surface area contributed by atoms with E-state index in [-0.39, 0.29) is 5.91 Å². The summed E-state index contributed by atoms with van der Waals surface area (Å²) in [6, 6.07) is 14.8. The summed E-state index contributed by atoms with van der Waals surface area (Å²) in [6.07, 6.45) is 3.34. The zero-order valence-corrected chi connectivity index (χ0v) is 16.8. The van der Waals surface area contributed by atoms with Crippen molar-refractivity contribution in [3.63, 3.8) is 0 Å². The lowest BCUT2D eigenvalue weighted by Gasteiger charge is -2.09. The number of aromatic amines is 1. The number of hydrogen-bond donors (Lipinski definition) is 2. The molecule has 0 bridgehead atoms. The van der Waals surface area contributed by atoms with Gasteiger partial charge in [-0.2, -0.15) is 5.10 Å². The molecule has 146 valence electrons. The number of carbonyl (C=O) groups excluding carboxylic acids is 1. The fourth-order valence-corrected chi connectivity index (χ4v) is 3.15. The first-order valence-corrected chi connectivity index (χ1v) is 9.74. The van der Waals surface area contributed by atoms with E-state index in [1.807, 2.05) is 24.3 Å². The number of anilines is 1. The fraction of sp³-hybridized carbons (Fsp3) is 0.273. The topological polar surface area (TPSA) is 67.0 Å². The molecular weight excluding hydrogens is 374 g/mol.